The molecule has 5 nitrogen and oxygen atoms in total. The van der Waals surface area contributed by atoms with Gasteiger partial charge in [-0.3, -0.25) is 0 Å². The fourth-order valence-corrected chi connectivity index (χ4v) is 9.30. The Hall–Kier alpha value is -6.28. The summed E-state index contributed by atoms with van der Waals surface area (Å²) >= 11 is 3.53. The number of thiophene rings is 1. The zero-order chi connectivity index (χ0) is 33.5. The Kier molecular flexibility index (Phi) is 6.22. The van der Waals surface area contributed by atoms with Crippen molar-refractivity contribution in [1.82, 2.24) is 19.9 Å². The molecule has 0 aliphatic heterocycles. The molecule has 11 rings (SSSR count). The molecule has 7 aromatic carbocycles. The van der Waals surface area contributed by atoms with Crippen molar-refractivity contribution < 1.29 is 4.42 Å². The second-order valence-corrected chi connectivity index (χ2v) is 14.8. The van der Waals surface area contributed by atoms with Gasteiger partial charge in [-0.05, 0) is 53.2 Å². The molecular formula is C44H24N4OS2. The first-order valence-electron chi connectivity index (χ1n) is 16.7. The first-order chi connectivity index (χ1) is 25.2. The summed E-state index contributed by atoms with van der Waals surface area (Å²) in [6, 6.07) is 50.4. The predicted molar refractivity (Wildman–Crippen MR) is 212 cm³/mol. The standard InChI is InChI=1S/C44H24N4OS2/c1-2-10-26(11-3-1)41-46-42(28-19-20-31-30-13-6-7-15-35(30)49-36(31)22-28)48-43(47-41)32-14-8-16-37-40(32)33-23-34-39(24-38(33)50-37)51-44(45-34)29-18-17-25-9-4-5-12-27(25)21-29/h1-24H. The maximum absolute atomic E-state index is 6.25. The van der Waals surface area contributed by atoms with E-state index < -0.39 is 0 Å². The minimum atomic E-state index is 0.597. The summed E-state index contributed by atoms with van der Waals surface area (Å²) in [5, 5.41) is 7.91. The summed E-state index contributed by atoms with van der Waals surface area (Å²) in [6.07, 6.45) is 0. The average molecular weight is 689 g/mol. The molecule has 0 amide bonds. The van der Waals surface area contributed by atoms with Crippen molar-refractivity contribution >= 4 is 85.8 Å². The number of para-hydroxylation sites is 1. The molecule has 0 spiro atoms. The highest BCUT2D eigenvalue weighted by Gasteiger charge is 2.19. The highest BCUT2D eigenvalue weighted by atomic mass is 32.1. The number of rotatable bonds is 4. The van der Waals surface area contributed by atoms with Crippen LogP contribution < -0.4 is 0 Å². The van der Waals surface area contributed by atoms with E-state index in [1.54, 1.807) is 22.7 Å². The second-order valence-electron chi connectivity index (χ2n) is 12.7. The van der Waals surface area contributed by atoms with Crippen LogP contribution in [0.3, 0.4) is 0 Å². The lowest BCUT2D eigenvalue weighted by molar-refractivity contribution is 0.669. The SMILES string of the molecule is c1ccc(-c2nc(-c3ccc4c(c3)oc3ccccc34)nc(-c3cccc4sc5cc6sc(-c7ccc8ccccc8c7)nc6cc5c34)n2)cc1. The van der Waals surface area contributed by atoms with E-state index >= 15 is 0 Å². The summed E-state index contributed by atoms with van der Waals surface area (Å²) in [4.78, 5) is 20.4. The lowest BCUT2D eigenvalue weighted by atomic mass is 10.0. The average Bonchev–Trinajstić information content (AvgIpc) is 3.89. The van der Waals surface area contributed by atoms with E-state index in [-0.39, 0.29) is 0 Å². The zero-order valence-corrected chi connectivity index (χ0v) is 28.5. The highest BCUT2D eigenvalue weighted by Crippen LogP contribution is 2.43. The molecule has 4 heterocycles. The van der Waals surface area contributed by atoms with E-state index in [0.29, 0.717) is 17.5 Å². The third-order valence-corrected chi connectivity index (χ3v) is 11.7. The molecule has 7 heteroatoms. The third-order valence-electron chi connectivity index (χ3n) is 9.55. The van der Waals surface area contributed by atoms with Gasteiger partial charge in [0.05, 0.1) is 10.2 Å². The van der Waals surface area contributed by atoms with Crippen LogP contribution in [0.15, 0.2) is 150 Å². The van der Waals surface area contributed by atoms with Crippen LogP contribution in [0.25, 0.3) is 108 Å². The first kappa shape index (κ1) is 28.5. The Labute approximate surface area is 299 Å². The minimum Gasteiger partial charge on any atom is -0.456 e. The van der Waals surface area contributed by atoms with E-state index in [1.807, 2.05) is 54.6 Å². The van der Waals surface area contributed by atoms with Crippen molar-refractivity contribution in [3.63, 3.8) is 0 Å². The minimum absolute atomic E-state index is 0.597. The normalized spacial score (nSPS) is 11.9. The van der Waals surface area contributed by atoms with Crippen molar-refractivity contribution in [2.45, 2.75) is 0 Å². The molecule has 0 fully saturated rings. The summed E-state index contributed by atoms with van der Waals surface area (Å²) in [7, 11) is 0. The number of thiazole rings is 1. The lowest BCUT2D eigenvalue weighted by Gasteiger charge is -2.09. The molecule has 238 valence electrons. The second kappa shape index (κ2) is 11.1. The van der Waals surface area contributed by atoms with Crippen LogP contribution in [0, 0.1) is 0 Å². The Morgan fingerprint density at radius 2 is 1.18 bits per heavy atom. The number of aromatic nitrogens is 4. The van der Waals surface area contributed by atoms with E-state index in [2.05, 4.69) is 91.0 Å². The third kappa shape index (κ3) is 4.66. The van der Waals surface area contributed by atoms with Crippen LogP contribution >= 0.6 is 22.7 Å². The van der Waals surface area contributed by atoms with Gasteiger partial charge in [-0.25, -0.2) is 19.9 Å². The van der Waals surface area contributed by atoms with Crippen LogP contribution in [0.5, 0.6) is 0 Å². The van der Waals surface area contributed by atoms with E-state index in [4.69, 9.17) is 24.4 Å². The maximum Gasteiger partial charge on any atom is 0.164 e. The molecule has 0 aliphatic carbocycles. The van der Waals surface area contributed by atoms with Crippen LogP contribution in [-0.4, -0.2) is 19.9 Å². The van der Waals surface area contributed by atoms with Gasteiger partial charge >= 0.3 is 0 Å². The van der Waals surface area contributed by atoms with Gasteiger partial charge in [0.25, 0.3) is 0 Å². The van der Waals surface area contributed by atoms with Gasteiger partial charge in [-0.15, -0.1) is 22.7 Å². The molecule has 4 aromatic heterocycles. The van der Waals surface area contributed by atoms with Gasteiger partial charge in [0.15, 0.2) is 17.5 Å². The van der Waals surface area contributed by atoms with Gasteiger partial charge < -0.3 is 4.42 Å². The predicted octanol–water partition coefficient (Wildman–Crippen LogP) is 12.6. The quantitative estimate of drug-likeness (QED) is 0.184. The van der Waals surface area contributed by atoms with Crippen molar-refractivity contribution in [3.8, 4) is 44.7 Å². The number of furan rings is 1. The smallest absolute Gasteiger partial charge is 0.164 e. The van der Waals surface area contributed by atoms with Crippen molar-refractivity contribution in [2.75, 3.05) is 0 Å². The van der Waals surface area contributed by atoms with Gasteiger partial charge in [0, 0.05) is 53.2 Å². The Morgan fingerprint density at radius 1 is 0.412 bits per heavy atom. The van der Waals surface area contributed by atoms with Crippen LogP contribution in [0.1, 0.15) is 0 Å². The fraction of sp³-hybridized carbons (Fsp3) is 0. The molecule has 0 bridgehead atoms. The van der Waals surface area contributed by atoms with Crippen molar-refractivity contribution in [2.24, 2.45) is 0 Å². The monoisotopic (exact) mass is 688 g/mol. The number of fused-ring (bicyclic) bond motifs is 8. The van der Waals surface area contributed by atoms with E-state index in [9.17, 15) is 0 Å². The summed E-state index contributed by atoms with van der Waals surface area (Å²) < 4.78 is 9.82. The molecule has 0 aliphatic rings. The number of hydrogen-bond donors (Lipinski definition) is 0. The van der Waals surface area contributed by atoms with Gasteiger partial charge in [-0.1, -0.05) is 103 Å². The molecule has 0 atom stereocenters. The molecule has 0 N–H and O–H groups in total. The Morgan fingerprint density at radius 3 is 2.10 bits per heavy atom. The molecule has 51 heavy (non-hydrogen) atoms. The lowest BCUT2D eigenvalue weighted by Crippen LogP contribution is -2.00. The van der Waals surface area contributed by atoms with E-state index in [0.717, 1.165) is 65.5 Å². The summed E-state index contributed by atoms with van der Waals surface area (Å²) in [5.74, 6) is 1.85. The fourth-order valence-electron chi connectivity index (χ4n) is 7.09. The largest absolute Gasteiger partial charge is 0.456 e. The highest BCUT2D eigenvalue weighted by molar-refractivity contribution is 7.26. The number of hydrogen-bond acceptors (Lipinski definition) is 7. The van der Waals surface area contributed by atoms with Gasteiger partial charge in [-0.2, -0.15) is 0 Å². The molecule has 0 saturated carbocycles. The number of benzene rings is 7. The van der Waals surface area contributed by atoms with Crippen molar-refractivity contribution in [3.05, 3.63) is 146 Å². The topological polar surface area (TPSA) is 64.7 Å². The Bertz CT molecular complexity index is 3160. The van der Waals surface area contributed by atoms with Crippen LogP contribution in [0.4, 0.5) is 0 Å². The molecule has 0 radical (unpaired) electrons. The molecular weight excluding hydrogens is 665 g/mol. The Balaban J connectivity index is 1.09. The van der Waals surface area contributed by atoms with Crippen molar-refractivity contribution in [1.29, 1.82) is 0 Å². The van der Waals surface area contributed by atoms with Crippen LogP contribution in [0.2, 0.25) is 0 Å². The van der Waals surface area contributed by atoms with E-state index in [1.165, 1.54) is 24.9 Å². The molecule has 0 unspecified atom stereocenters. The van der Waals surface area contributed by atoms with Crippen LogP contribution in [-0.2, 0) is 0 Å². The summed E-state index contributed by atoms with van der Waals surface area (Å²) in [5.41, 5.74) is 6.56. The zero-order valence-electron chi connectivity index (χ0n) is 26.9. The van der Waals surface area contributed by atoms with Gasteiger partial charge in [0.1, 0.15) is 16.2 Å². The molecule has 11 aromatic rings. The molecule has 0 saturated heterocycles. The van der Waals surface area contributed by atoms with Gasteiger partial charge in [0.2, 0.25) is 0 Å². The maximum atomic E-state index is 6.25. The summed E-state index contributed by atoms with van der Waals surface area (Å²) in [6.45, 7) is 0. The number of nitrogens with zero attached hydrogens (tertiary/aromatic N) is 4. The first-order valence-corrected chi connectivity index (χ1v) is 18.3.